The normalized spacial score (nSPS) is 11.9. The van der Waals surface area contributed by atoms with Gasteiger partial charge in [-0.25, -0.2) is 9.78 Å². The van der Waals surface area contributed by atoms with E-state index in [9.17, 15) is 9.90 Å². The second-order valence-corrected chi connectivity index (χ2v) is 9.64. The summed E-state index contributed by atoms with van der Waals surface area (Å²) in [6.45, 7) is 8.81. The smallest absolute Gasteiger partial charge is 0.335 e. The van der Waals surface area contributed by atoms with Crippen LogP contribution in [0, 0.1) is 19.8 Å². The number of aryl methyl sites for hydroxylation is 2. The molecule has 8 heteroatoms. The zero-order valence-electron chi connectivity index (χ0n) is 20.0. The third-order valence-corrected chi connectivity index (χ3v) is 6.12. The molecule has 0 bridgehead atoms. The number of carboxylic acid groups (broad SMARTS) is 1. The lowest BCUT2D eigenvalue weighted by Gasteiger charge is -2.16. The monoisotopic (exact) mass is 480 g/mol. The van der Waals surface area contributed by atoms with E-state index in [0.717, 1.165) is 40.1 Å². The topological polar surface area (TPSA) is 110 Å². The van der Waals surface area contributed by atoms with Gasteiger partial charge in [0, 0.05) is 22.6 Å². The van der Waals surface area contributed by atoms with Crippen LogP contribution in [0.3, 0.4) is 0 Å². The van der Waals surface area contributed by atoms with Crippen LogP contribution in [0.15, 0.2) is 53.4 Å². The number of nitrogens with zero attached hydrogens (tertiary/aromatic N) is 2. The molecule has 1 aromatic heterocycles. The molecular weight excluding hydrogens is 448 g/mol. The highest BCUT2D eigenvalue weighted by molar-refractivity contribution is 8.00. The molecule has 4 N–H and O–H groups in total. The van der Waals surface area contributed by atoms with Gasteiger partial charge in [-0.15, -0.1) is 0 Å². The van der Waals surface area contributed by atoms with Gasteiger partial charge >= 0.3 is 5.97 Å². The van der Waals surface area contributed by atoms with Gasteiger partial charge < -0.3 is 15.6 Å². The van der Waals surface area contributed by atoms with Gasteiger partial charge in [0.25, 0.3) is 0 Å². The fourth-order valence-corrected chi connectivity index (χ4v) is 4.14. The van der Waals surface area contributed by atoms with Gasteiger partial charge in [0.1, 0.15) is 6.61 Å². The Labute approximate surface area is 205 Å². The van der Waals surface area contributed by atoms with Gasteiger partial charge in [-0.05, 0) is 73.9 Å². The van der Waals surface area contributed by atoms with Crippen molar-refractivity contribution in [2.24, 2.45) is 11.7 Å². The van der Waals surface area contributed by atoms with Crippen LogP contribution in [0.5, 0.6) is 5.88 Å². The summed E-state index contributed by atoms with van der Waals surface area (Å²) in [6.07, 6.45) is 1.92. The summed E-state index contributed by atoms with van der Waals surface area (Å²) in [5.41, 5.74) is 10.4. The van der Waals surface area contributed by atoms with Gasteiger partial charge in [-0.3, -0.25) is 4.72 Å². The average molecular weight is 481 g/mol. The van der Waals surface area contributed by atoms with Crippen LogP contribution >= 0.6 is 11.9 Å². The van der Waals surface area contributed by atoms with Crippen molar-refractivity contribution in [1.82, 2.24) is 9.97 Å². The van der Waals surface area contributed by atoms with Gasteiger partial charge in [-0.1, -0.05) is 38.1 Å². The molecule has 3 rings (SSSR count). The number of anilines is 1. The maximum absolute atomic E-state index is 11.3. The van der Waals surface area contributed by atoms with Gasteiger partial charge in [0.15, 0.2) is 0 Å². The summed E-state index contributed by atoms with van der Waals surface area (Å²) in [7, 11) is 0. The molecule has 0 saturated heterocycles. The average Bonchev–Trinajstić information content (AvgIpc) is 2.80. The minimum absolute atomic E-state index is 0.0782. The van der Waals surface area contributed by atoms with E-state index in [2.05, 4.69) is 23.6 Å². The van der Waals surface area contributed by atoms with Crippen LogP contribution in [0.25, 0.3) is 11.3 Å². The Morgan fingerprint density at radius 1 is 1.09 bits per heavy atom. The van der Waals surface area contributed by atoms with Crippen LogP contribution < -0.4 is 15.2 Å². The van der Waals surface area contributed by atoms with Crippen molar-refractivity contribution in [1.29, 1.82) is 0 Å². The number of aromatic nitrogens is 2. The van der Waals surface area contributed by atoms with E-state index >= 15 is 0 Å². The molecular formula is C26H32N4O3S. The Morgan fingerprint density at radius 3 is 2.47 bits per heavy atom. The van der Waals surface area contributed by atoms with Crippen molar-refractivity contribution in [3.63, 3.8) is 0 Å². The van der Waals surface area contributed by atoms with Crippen LogP contribution in [0.2, 0.25) is 0 Å². The predicted octanol–water partition coefficient (Wildman–Crippen LogP) is 5.72. The molecule has 1 heterocycles. The van der Waals surface area contributed by atoms with Crippen molar-refractivity contribution >= 4 is 23.9 Å². The fraction of sp³-hybridized carbons (Fsp3) is 0.346. The molecule has 7 nitrogen and oxygen atoms in total. The first-order valence-corrected chi connectivity index (χ1v) is 12.1. The zero-order chi connectivity index (χ0) is 24.7. The Hall–Kier alpha value is -3.10. The Kier molecular flexibility index (Phi) is 8.90. The molecule has 0 amide bonds. The Balaban J connectivity index is 1.85. The minimum atomic E-state index is -0.972. The molecule has 34 heavy (non-hydrogen) atoms. The summed E-state index contributed by atoms with van der Waals surface area (Å²) in [5.74, 6) is 0.431. The minimum Gasteiger partial charge on any atom is -0.478 e. The van der Waals surface area contributed by atoms with E-state index in [1.54, 1.807) is 18.2 Å². The van der Waals surface area contributed by atoms with Crippen molar-refractivity contribution < 1.29 is 14.6 Å². The maximum atomic E-state index is 11.3. The summed E-state index contributed by atoms with van der Waals surface area (Å²) in [4.78, 5) is 21.2. The van der Waals surface area contributed by atoms with E-state index in [-0.39, 0.29) is 11.6 Å². The number of nitrogens with one attached hydrogen (secondary N) is 1. The first kappa shape index (κ1) is 25.5. The number of benzene rings is 2. The van der Waals surface area contributed by atoms with Crippen molar-refractivity contribution in [3.05, 3.63) is 65.2 Å². The number of hydrogen-bond acceptors (Lipinski definition) is 7. The summed E-state index contributed by atoms with van der Waals surface area (Å²) >= 11 is 1.24. The standard InChI is InChI=1S/C26H32N4O3S/c1-16(2)11-12-20(27)15-33-23-14-22(24-17(3)7-5-8-18(24)4)28-26(29-23)30-34-21-10-6-9-19(13-21)25(31)32/h5-10,13-14,16,20H,11-12,15,27H2,1-4H3,(H,31,32)(H,28,29,30)/t20-/m1/s1. The molecule has 1 atom stereocenters. The quantitative estimate of drug-likeness (QED) is 0.299. The molecule has 0 aliphatic heterocycles. The lowest BCUT2D eigenvalue weighted by molar-refractivity contribution is 0.0696. The van der Waals surface area contributed by atoms with E-state index in [4.69, 9.17) is 15.5 Å². The van der Waals surface area contributed by atoms with Crippen LogP contribution in [0.1, 0.15) is 48.2 Å². The van der Waals surface area contributed by atoms with Gasteiger partial charge in [0.05, 0.1) is 11.3 Å². The van der Waals surface area contributed by atoms with Crippen molar-refractivity contribution in [2.45, 2.75) is 51.5 Å². The molecule has 2 aromatic carbocycles. The lowest BCUT2D eigenvalue weighted by Crippen LogP contribution is -2.28. The Morgan fingerprint density at radius 2 is 1.79 bits per heavy atom. The molecule has 0 saturated carbocycles. The van der Waals surface area contributed by atoms with Gasteiger partial charge in [-0.2, -0.15) is 4.98 Å². The van der Waals surface area contributed by atoms with Crippen LogP contribution in [0.4, 0.5) is 5.95 Å². The molecule has 0 aliphatic rings. The Bertz CT molecular complexity index is 1120. The SMILES string of the molecule is Cc1cccc(C)c1-c1cc(OC[C@H](N)CCC(C)C)nc(NSc2cccc(C(=O)O)c2)n1. The van der Waals surface area contributed by atoms with Crippen molar-refractivity contribution in [3.8, 4) is 17.1 Å². The molecule has 0 aliphatic carbocycles. The molecule has 0 radical (unpaired) electrons. The zero-order valence-corrected chi connectivity index (χ0v) is 20.9. The maximum Gasteiger partial charge on any atom is 0.335 e. The number of carboxylic acids is 1. The van der Waals surface area contributed by atoms with Crippen LogP contribution in [-0.4, -0.2) is 33.7 Å². The third-order valence-electron chi connectivity index (χ3n) is 5.34. The second kappa shape index (κ2) is 11.9. The highest BCUT2D eigenvalue weighted by atomic mass is 32.2. The highest BCUT2D eigenvalue weighted by Gasteiger charge is 2.14. The number of carbonyl (C=O) groups is 1. The van der Waals surface area contributed by atoms with E-state index in [0.29, 0.717) is 24.4 Å². The predicted molar refractivity (Wildman–Crippen MR) is 137 cm³/mol. The largest absolute Gasteiger partial charge is 0.478 e. The van der Waals surface area contributed by atoms with Crippen LogP contribution in [-0.2, 0) is 0 Å². The van der Waals surface area contributed by atoms with Crippen molar-refractivity contribution in [2.75, 3.05) is 11.3 Å². The summed E-state index contributed by atoms with van der Waals surface area (Å²) in [5, 5.41) is 9.24. The number of ether oxygens (including phenoxy) is 1. The van der Waals surface area contributed by atoms with E-state index in [1.807, 2.05) is 44.2 Å². The molecule has 180 valence electrons. The lowest BCUT2D eigenvalue weighted by atomic mass is 10.00. The number of rotatable bonds is 11. The third kappa shape index (κ3) is 7.20. The number of hydrogen-bond donors (Lipinski definition) is 3. The van der Waals surface area contributed by atoms with Gasteiger partial charge in [0.2, 0.25) is 11.8 Å². The van der Waals surface area contributed by atoms with E-state index < -0.39 is 5.97 Å². The van der Waals surface area contributed by atoms with E-state index in [1.165, 1.54) is 11.9 Å². The summed E-state index contributed by atoms with van der Waals surface area (Å²) < 4.78 is 9.12. The first-order valence-electron chi connectivity index (χ1n) is 11.3. The molecule has 0 unspecified atom stereocenters. The summed E-state index contributed by atoms with van der Waals surface area (Å²) in [6, 6.07) is 14.6. The molecule has 0 spiro atoms. The first-order chi connectivity index (χ1) is 16.2. The number of nitrogens with two attached hydrogens (primary N) is 1. The highest BCUT2D eigenvalue weighted by Crippen LogP contribution is 2.30. The second-order valence-electron chi connectivity index (χ2n) is 8.76. The molecule has 3 aromatic rings. The fourth-order valence-electron chi connectivity index (χ4n) is 3.51. The number of aromatic carboxylic acids is 1. The molecule has 0 fully saturated rings.